The Morgan fingerprint density at radius 2 is 1.93 bits per heavy atom. The van der Waals surface area contributed by atoms with E-state index in [1.807, 2.05) is 0 Å². The molecule has 0 saturated carbocycles. The predicted molar refractivity (Wildman–Crippen MR) is 132 cm³/mol. The van der Waals surface area contributed by atoms with Gasteiger partial charge in [-0.1, -0.05) is 6.58 Å². The number of nitrogens with one attached hydrogen (secondary N) is 3. The number of fused-ring (bicyclic) bond motifs is 2. The second-order valence-corrected chi connectivity index (χ2v) is 11.2. The Labute approximate surface area is 226 Å². The summed E-state index contributed by atoms with van der Waals surface area (Å²) in [5.41, 5.74) is -1.20. The maximum absolute atomic E-state index is 13.6. The van der Waals surface area contributed by atoms with Gasteiger partial charge in [-0.3, -0.25) is 14.4 Å². The summed E-state index contributed by atoms with van der Waals surface area (Å²) in [4.78, 5) is 38.4. The molecule has 1 saturated heterocycles. The average molecular weight is 588 g/mol. The van der Waals surface area contributed by atoms with Crippen LogP contribution in [0, 0.1) is 18.7 Å². The van der Waals surface area contributed by atoms with Crippen molar-refractivity contribution in [3.05, 3.63) is 53.7 Å². The molecule has 0 bridgehead atoms. The molecule has 3 N–H and O–H groups in total. The number of hydrogen-bond acceptors (Lipinski definition) is 6. The molecular weight excluding hydrogens is 562 g/mol. The summed E-state index contributed by atoms with van der Waals surface area (Å²) in [6, 6.07) is 3.18. The summed E-state index contributed by atoms with van der Waals surface area (Å²) in [6.45, 7) is 3.70. The van der Waals surface area contributed by atoms with Crippen molar-refractivity contribution in [1.82, 2.24) is 19.5 Å². The van der Waals surface area contributed by atoms with Gasteiger partial charge in [0.15, 0.2) is 11.4 Å². The molecule has 16 heteroatoms. The van der Waals surface area contributed by atoms with Crippen molar-refractivity contribution in [3.63, 3.8) is 0 Å². The van der Waals surface area contributed by atoms with E-state index in [9.17, 15) is 40.4 Å². The molecule has 216 valence electrons. The Balaban J connectivity index is 1.55. The molecule has 4 rings (SSSR count). The van der Waals surface area contributed by atoms with Crippen molar-refractivity contribution in [2.45, 2.75) is 30.5 Å². The summed E-state index contributed by atoms with van der Waals surface area (Å²) in [5, 5.41) is 4.00. The largest absolute Gasteiger partial charge is 0.489 e. The lowest BCUT2D eigenvalue weighted by molar-refractivity contribution is -0.148. The van der Waals surface area contributed by atoms with Crippen LogP contribution < -0.4 is 20.1 Å². The number of likely N-dealkylation sites (tertiary alicyclic amines) is 1. The lowest BCUT2D eigenvalue weighted by Crippen LogP contribution is -2.56. The fourth-order valence-corrected chi connectivity index (χ4v) is 6.01. The van der Waals surface area contributed by atoms with Crippen LogP contribution in [0.3, 0.4) is 0 Å². The molecule has 2 atom stereocenters. The summed E-state index contributed by atoms with van der Waals surface area (Å²) in [6.07, 6.45) is -3.67. The molecule has 2 aromatic rings. The van der Waals surface area contributed by atoms with E-state index >= 15 is 0 Å². The number of anilines is 1. The van der Waals surface area contributed by atoms with E-state index < -0.39 is 57.4 Å². The fourth-order valence-electron chi connectivity index (χ4n) is 4.48. The number of ether oxygens (including phenoxy) is 1. The van der Waals surface area contributed by atoms with E-state index in [4.69, 9.17) is 4.74 Å². The number of alkyl halides is 3. The molecule has 0 spiro atoms. The van der Waals surface area contributed by atoms with Crippen molar-refractivity contribution in [1.29, 1.82) is 0 Å². The van der Waals surface area contributed by atoms with Gasteiger partial charge in [-0.25, -0.2) is 17.5 Å². The standard InChI is InChI=1S/C24H25F4N5O6S/c1-12-8-15(4-5-16(12)25)30-21(34)19-20-18(10-32(19)3)40(37,38)31-17-6-7-33(9-14(17)11-39-20)23(36)22(35)29-13(2)24(26,27)28/h4-5,8,10,14,17,31H,2,6-7,9,11H2,1,3H3,(H,29,35)(H,30,34). The Morgan fingerprint density at radius 3 is 2.58 bits per heavy atom. The smallest absolute Gasteiger partial charge is 0.430 e. The monoisotopic (exact) mass is 587 g/mol. The quantitative estimate of drug-likeness (QED) is 0.370. The minimum absolute atomic E-state index is 0.0475. The number of aryl methyl sites for hydroxylation is 2. The van der Waals surface area contributed by atoms with Crippen LogP contribution in [0.2, 0.25) is 0 Å². The second-order valence-electron chi connectivity index (χ2n) is 9.47. The summed E-state index contributed by atoms with van der Waals surface area (Å²) in [5.74, 6) is -4.95. The third-order valence-corrected chi connectivity index (χ3v) is 8.08. The van der Waals surface area contributed by atoms with Gasteiger partial charge in [0, 0.05) is 44.0 Å². The number of aromatic nitrogens is 1. The summed E-state index contributed by atoms with van der Waals surface area (Å²) in [7, 11) is -2.78. The van der Waals surface area contributed by atoms with Gasteiger partial charge in [-0.05, 0) is 37.1 Å². The van der Waals surface area contributed by atoms with E-state index in [0.29, 0.717) is 0 Å². The molecule has 3 amide bonds. The number of benzene rings is 1. The molecule has 0 aliphatic carbocycles. The molecule has 1 aromatic carbocycles. The normalized spacial score (nSPS) is 20.2. The topological polar surface area (TPSA) is 139 Å². The van der Waals surface area contributed by atoms with Gasteiger partial charge in [-0.2, -0.15) is 13.2 Å². The highest BCUT2D eigenvalue weighted by Crippen LogP contribution is 2.35. The number of rotatable bonds is 3. The van der Waals surface area contributed by atoms with Crippen LogP contribution in [0.1, 0.15) is 22.5 Å². The third-order valence-electron chi connectivity index (χ3n) is 6.59. The molecular formula is C24H25F4N5O6S. The molecule has 11 nitrogen and oxygen atoms in total. The maximum atomic E-state index is 13.6. The van der Waals surface area contributed by atoms with Crippen LogP contribution in [0.15, 0.2) is 41.6 Å². The fraction of sp³-hybridized carbons (Fsp3) is 0.375. The van der Waals surface area contributed by atoms with Crippen molar-refractivity contribution < 1.29 is 45.1 Å². The zero-order valence-electron chi connectivity index (χ0n) is 21.3. The first-order valence-corrected chi connectivity index (χ1v) is 13.3. The first kappa shape index (κ1) is 29.1. The van der Waals surface area contributed by atoms with Gasteiger partial charge < -0.3 is 24.8 Å². The summed E-state index contributed by atoms with van der Waals surface area (Å²) >= 11 is 0. The molecule has 2 aliphatic heterocycles. The van der Waals surface area contributed by atoms with Gasteiger partial charge in [0.25, 0.3) is 5.91 Å². The van der Waals surface area contributed by atoms with Gasteiger partial charge in [0.05, 0.1) is 6.61 Å². The van der Waals surface area contributed by atoms with E-state index in [1.165, 1.54) is 48.3 Å². The number of piperidine rings is 1. The number of sulfonamides is 1. The number of amides is 3. The van der Waals surface area contributed by atoms with E-state index in [1.54, 1.807) is 0 Å². The molecule has 0 radical (unpaired) electrons. The van der Waals surface area contributed by atoms with Crippen molar-refractivity contribution >= 4 is 33.4 Å². The molecule has 1 aromatic heterocycles. The second kappa shape index (κ2) is 10.6. The third kappa shape index (κ3) is 5.82. The average Bonchev–Trinajstić information content (AvgIpc) is 3.20. The number of carbonyl (C=O) groups is 3. The minimum Gasteiger partial charge on any atom is -0.489 e. The Morgan fingerprint density at radius 1 is 1.23 bits per heavy atom. The molecule has 3 heterocycles. The highest BCUT2D eigenvalue weighted by Gasteiger charge is 2.41. The molecule has 40 heavy (non-hydrogen) atoms. The van der Waals surface area contributed by atoms with Crippen LogP contribution in [0.25, 0.3) is 0 Å². The van der Waals surface area contributed by atoms with Gasteiger partial charge in [-0.15, -0.1) is 0 Å². The van der Waals surface area contributed by atoms with E-state index in [2.05, 4.69) is 16.6 Å². The van der Waals surface area contributed by atoms with Gasteiger partial charge in [0.2, 0.25) is 10.0 Å². The van der Waals surface area contributed by atoms with E-state index in [0.717, 1.165) is 4.90 Å². The van der Waals surface area contributed by atoms with Crippen LogP contribution in [-0.2, 0) is 26.7 Å². The number of carbonyl (C=O) groups excluding carboxylic acids is 3. The predicted octanol–water partition coefficient (Wildman–Crippen LogP) is 1.80. The Hall–Kier alpha value is -3.92. The number of allylic oxidation sites excluding steroid dienone is 1. The van der Waals surface area contributed by atoms with Gasteiger partial charge in [0.1, 0.15) is 16.4 Å². The summed E-state index contributed by atoms with van der Waals surface area (Å²) < 4.78 is 87.8. The van der Waals surface area contributed by atoms with Crippen molar-refractivity contribution in [3.8, 4) is 5.75 Å². The van der Waals surface area contributed by atoms with Crippen LogP contribution in [-0.4, -0.2) is 67.5 Å². The zero-order chi connectivity index (χ0) is 29.6. The van der Waals surface area contributed by atoms with Crippen molar-refractivity contribution in [2.75, 3.05) is 25.0 Å². The van der Waals surface area contributed by atoms with E-state index in [-0.39, 0.29) is 53.7 Å². The Bertz CT molecular complexity index is 1500. The zero-order valence-corrected chi connectivity index (χ0v) is 22.1. The lowest BCUT2D eigenvalue weighted by Gasteiger charge is -2.39. The molecule has 1 fully saturated rings. The minimum atomic E-state index is -4.93. The highest BCUT2D eigenvalue weighted by molar-refractivity contribution is 7.89. The number of halogens is 4. The first-order valence-electron chi connectivity index (χ1n) is 11.9. The first-order chi connectivity index (χ1) is 18.6. The van der Waals surface area contributed by atoms with Crippen molar-refractivity contribution in [2.24, 2.45) is 13.0 Å². The van der Waals surface area contributed by atoms with Crippen LogP contribution in [0.4, 0.5) is 23.2 Å². The highest BCUT2D eigenvalue weighted by atomic mass is 32.2. The Kier molecular flexibility index (Phi) is 7.68. The molecule has 2 aliphatic rings. The maximum Gasteiger partial charge on any atom is 0.430 e. The van der Waals surface area contributed by atoms with Crippen LogP contribution in [0.5, 0.6) is 5.75 Å². The van der Waals surface area contributed by atoms with Gasteiger partial charge >= 0.3 is 18.0 Å². The van der Waals surface area contributed by atoms with Crippen LogP contribution >= 0.6 is 0 Å². The number of nitrogens with zero attached hydrogens (tertiary/aromatic N) is 2. The molecule has 2 unspecified atom stereocenters. The SMILES string of the molecule is C=C(NC(=O)C(=O)N1CCC2NS(=O)(=O)c3cn(C)c(C(=O)Nc4ccc(F)c(C)c4)c3OCC2C1)C(F)(F)F. The number of hydrogen-bond donors (Lipinski definition) is 3. The lowest BCUT2D eigenvalue weighted by atomic mass is 9.93.